The van der Waals surface area contributed by atoms with Crippen LogP contribution in [0.3, 0.4) is 0 Å². The van der Waals surface area contributed by atoms with E-state index in [0.717, 1.165) is 78.1 Å². The topological polar surface area (TPSA) is 70.7 Å². The molecule has 2 aliphatic rings. The van der Waals surface area contributed by atoms with Crippen LogP contribution in [0.25, 0.3) is 11.1 Å². The Morgan fingerprint density at radius 3 is 2.57 bits per heavy atom. The lowest BCUT2D eigenvalue weighted by Crippen LogP contribution is -2.40. The number of nitrogens with zero attached hydrogens (tertiary/aromatic N) is 3. The molecular weight excluding hydrogens is 480 g/mol. The molecule has 37 heavy (non-hydrogen) atoms. The summed E-state index contributed by atoms with van der Waals surface area (Å²) in [6.45, 7) is 8.87. The van der Waals surface area contributed by atoms with Crippen molar-refractivity contribution < 1.29 is 9.32 Å². The quantitative estimate of drug-likeness (QED) is 0.296. The molecule has 1 aliphatic carbocycles. The zero-order valence-corrected chi connectivity index (χ0v) is 23.1. The first-order chi connectivity index (χ1) is 17.9. The Balaban J connectivity index is 1.36. The summed E-state index contributed by atoms with van der Waals surface area (Å²) in [5.41, 5.74) is 6.09. The van der Waals surface area contributed by atoms with Gasteiger partial charge in [0, 0.05) is 16.9 Å². The van der Waals surface area contributed by atoms with E-state index >= 15 is 0 Å². The highest BCUT2D eigenvalue weighted by Crippen LogP contribution is 2.40. The second-order valence-corrected chi connectivity index (χ2v) is 11.2. The first kappa shape index (κ1) is 25.6. The summed E-state index contributed by atoms with van der Waals surface area (Å²) < 4.78 is 8.74. The van der Waals surface area contributed by atoms with Crippen LogP contribution in [-0.4, -0.2) is 27.3 Å². The van der Waals surface area contributed by atoms with Crippen LogP contribution in [0.15, 0.2) is 56.9 Å². The molecule has 194 valence electrons. The Labute approximate surface area is 224 Å². The highest BCUT2D eigenvalue weighted by atomic mass is 32.2. The number of anilines is 1. The molecule has 1 amide bonds. The lowest BCUT2D eigenvalue weighted by molar-refractivity contribution is -0.131. The first-order valence-corrected chi connectivity index (χ1v) is 14.2. The third-order valence-corrected chi connectivity index (χ3v) is 8.57. The largest absolute Gasteiger partial charge is 0.337 e. The Hall–Kier alpha value is -3.06. The van der Waals surface area contributed by atoms with Crippen molar-refractivity contribution in [2.75, 3.05) is 4.72 Å². The number of hydrogen-bond donors (Lipinski definition) is 1. The molecular formula is C30H36N4O2S. The number of amides is 1. The number of hydrogen-bond acceptors (Lipinski definition) is 6. The van der Waals surface area contributed by atoms with Crippen LogP contribution in [0, 0.1) is 20.8 Å². The zero-order valence-electron chi connectivity index (χ0n) is 22.3. The summed E-state index contributed by atoms with van der Waals surface area (Å²) >= 11 is 1.53. The maximum absolute atomic E-state index is 13.5. The summed E-state index contributed by atoms with van der Waals surface area (Å²) in [5, 5.41) is 4.04. The molecule has 0 unspecified atom stereocenters. The first-order valence-electron chi connectivity index (χ1n) is 13.4. The van der Waals surface area contributed by atoms with Gasteiger partial charge in [-0.3, -0.25) is 19.4 Å². The highest BCUT2D eigenvalue weighted by molar-refractivity contribution is 8.00. The van der Waals surface area contributed by atoms with E-state index in [1.165, 1.54) is 23.1 Å². The number of aliphatic imine (C=N–C) groups is 1. The Bertz CT molecular complexity index is 1320. The van der Waals surface area contributed by atoms with Crippen LogP contribution in [-0.2, 0) is 11.3 Å². The van der Waals surface area contributed by atoms with Crippen LogP contribution in [0.4, 0.5) is 5.88 Å². The molecule has 2 aromatic carbocycles. The van der Waals surface area contributed by atoms with Gasteiger partial charge in [0.15, 0.2) is 0 Å². The second-order valence-electron chi connectivity index (χ2n) is 10.3. The van der Waals surface area contributed by atoms with E-state index in [-0.39, 0.29) is 5.91 Å². The van der Waals surface area contributed by atoms with Gasteiger partial charge in [0.05, 0.1) is 12.2 Å². The summed E-state index contributed by atoms with van der Waals surface area (Å²) in [5.74, 6) is 1.88. The Morgan fingerprint density at radius 2 is 1.86 bits per heavy atom. The standard InChI is InChI=1S/C30H36N4O2S/c1-5-6-13-27-31-30(16-9-10-17-30)29(35)34(27)19-23-14-15-24(20(2)18-23)25-11-7-8-12-26(25)37-33-28-21(3)22(4)32-36-28/h7-8,11-12,14-15,18,33H,5-6,9-10,13,16-17,19H2,1-4H3. The molecule has 1 N–H and O–H groups in total. The van der Waals surface area contributed by atoms with Crippen molar-refractivity contribution in [2.24, 2.45) is 4.99 Å². The van der Waals surface area contributed by atoms with Gasteiger partial charge in [0.2, 0.25) is 5.88 Å². The smallest absolute Gasteiger partial charge is 0.256 e. The zero-order chi connectivity index (χ0) is 26.0. The lowest BCUT2D eigenvalue weighted by Gasteiger charge is -2.23. The van der Waals surface area contributed by atoms with Crippen LogP contribution in [0.2, 0.25) is 0 Å². The normalized spacial score (nSPS) is 16.6. The number of benzene rings is 2. The minimum absolute atomic E-state index is 0.212. The molecule has 5 rings (SSSR count). The number of aryl methyl sites for hydroxylation is 2. The van der Waals surface area contributed by atoms with Gasteiger partial charge in [-0.05, 0) is 80.3 Å². The minimum Gasteiger partial charge on any atom is -0.337 e. The van der Waals surface area contributed by atoms with Crippen molar-refractivity contribution in [3.8, 4) is 11.1 Å². The number of rotatable bonds is 9. The summed E-state index contributed by atoms with van der Waals surface area (Å²) in [6, 6.07) is 14.9. The molecule has 1 aliphatic heterocycles. The van der Waals surface area contributed by atoms with E-state index in [1.54, 1.807) is 0 Å². The van der Waals surface area contributed by atoms with Crippen molar-refractivity contribution in [3.63, 3.8) is 0 Å². The lowest BCUT2D eigenvalue weighted by atomic mass is 9.97. The van der Waals surface area contributed by atoms with Gasteiger partial charge in [0.1, 0.15) is 11.4 Å². The predicted molar refractivity (Wildman–Crippen MR) is 151 cm³/mol. The predicted octanol–water partition coefficient (Wildman–Crippen LogP) is 7.63. The van der Waals surface area contributed by atoms with Gasteiger partial charge in [-0.25, -0.2) is 0 Å². The van der Waals surface area contributed by atoms with Crippen molar-refractivity contribution in [1.82, 2.24) is 10.1 Å². The van der Waals surface area contributed by atoms with Crippen LogP contribution in [0.1, 0.15) is 74.3 Å². The van der Waals surface area contributed by atoms with E-state index in [1.807, 2.05) is 24.8 Å². The van der Waals surface area contributed by atoms with Crippen molar-refractivity contribution in [1.29, 1.82) is 0 Å². The van der Waals surface area contributed by atoms with Crippen LogP contribution >= 0.6 is 11.9 Å². The molecule has 1 fully saturated rings. The third kappa shape index (κ3) is 5.06. The maximum Gasteiger partial charge on any atom is 0.256 e. The number of nitrogens with one attached hydrogen (secondary N) is 1. The van der Waals surface area contributed by atoms with Gasteiger partial charge in [-0.15, -0.1) is 0 Å². The van der Waals surface area contributed by atoms with E-state index < -0.39 is 5.54 Å². The van der Waals surface area contributed by atoms with E-state index in [4.69, 9.17) is 9.52 Å². The molecule has 1 spiro atoms. The molecule has 6 nitrogen and oxygen atoms in total. The van der Waals surface area contributed by atoms with Crippen molar-refractivity contribution in [2.45, 2.75) is 89.6 Å². The Morgan fingerprint density at radius 1 is 1.08 bits per heavy atom. The van der Waals surface area contributed by atoms with Crippen LogP contribution in [0.5, 0.6) is 0 Å². The number of carbonyl (C=O) groups is 1. The SMILES string of the molecule is CCCCC1=NC2(CCCC2)C(=O)N1Cc1ccc(-c2ccccc2SNc2onc(C)c2C)c(C)c1. The monoisotopic (exact) mass is 516 g/mol. The van der Waals surface area contributed by atoms with E-state index in [9.17, 15) is 4.79 Å². The highest BCUT2D eigenvalue weighted by Gasteiger charge is 2.49. The Kier molecular flexibility index (Phi) is 7.43. The maximum atomic E-state index is 13.5. The molecule has 0 bridgehead atoms. The molecule has 1 saturated carbocycles. The number of carbonyl (C=O) groups excluding carboxylic acids is 1. The molecule has 2 heterocycles. The molecule has 7 heteroatoms. The summed E-state index contributed by atoms with van der Waals surface area (Å²) in [7, 11) is 0. The average molecular weight is 517 g/mol. The fraction of sp³-hybridized carbons (Fsp3) is 0.433. The molecule has 1 aromatic heterocycles. The molecule has 0 saturated heterocycles. The molecule has 0 radical (unpaired) electrons. The van der Waals surface area contributed by atoms with E-state index in [0.29, 0.717) is 12.4 Å². The average Bonchev–Trinajstić information content (AvgIpc) is 3.57. The minimum atomic E-state index is -0.484. The van der Waals surface area contributed by atoms with Gasteiger partial charge in [-0.2, -0.15) is 0 Å². The van der Waals surface area contributed by atoms with Crippen molar-refractivity contribution >= 4 is 29.6 Å². The number of unbranched alkanes of at least 4 members (excludes halogenated alkanes) is 1. The molecule has 0 atom stereocenters. The molecule has 3 aromatic rings. The van der Waals surface area contributed by atoms with Gasteiger partial charge < -0.3 is 4.52 Å². The fourth-order valence-electron chi connectivity index (χ4n) is 5.40. The van der Waals surface area contributed by atoms with Crippen LogP contribution < -0.4 is 4.72 Å². The van der Waals surface area contributed by atoms with Gasteiger partial charge in [0.25, 0.3) is 5.91 Å². The van der Waals surface area contributed by atoms with Gasteiger partial charge in [-0.1, -0.05) is 67.7 Å². The number of amidine groups is 1. The van der Waals surface area contributed by atoms with E-state index in [2.05, 4.69) is 60.1 Å². The summed E-state index contributed by atoms with van der Waals surface area (Å²) in [4.78, 5) is 21.7. The summed E-state index contributed by atoms with van der Waals surface area (Å²) in [6.07, 6.45) is 7.02. The fourth-order valence-corrected chi connectivity index (χ4v) is 6.22. The van der Waals surface area contributed by atoms with Gasteiger partial charge >= 0.3 is 0 Å². The van der Waals surface area contributed by atoms with Crippen molar-refractivity contribution in [3.05, 3.63) is 64.8 Å². The third-order valence-electron chi connectivity index (χ3n) is 7.70. The number of aromatic nitrogens is 1. The second kappa shape index (κ2) is 10.7.